The van der Waals surface area contributed by atoms with E-state index in [1.54, 1.807) is 0 Å². The van der Waals surface area contributed by atoms with Crippen molar-refractivity contribution in [2.75, 3.05) is 32.8 Å². The molecule has 0 bridgehead atoms. The van der Waals surface area contributed by atoms with Gasteiger partial charge in [0.05, 0.1) is 5.60 Å². The van der Waals surface area contributed by atoms with E-state index in [0.717, 1.165) is 45.2 Å². The first-order valence-electron chi connectivity index (χ1n) is 5.74. The van der Waals surface area contributed by atoms with Gasteiger partial charge in [0.2, 0.25) is 0 Å². The number of aliphatic hydroxyl groups is 1. The second-order valence-corrected chi connectivity index (χ2v) is 4.80. The van der Waals surface area contributed by atoms with Crippen LogP contribution in [0.1, 0.15) is 26.2 Å². The standard InChI is InChI=1S/C11H21NO2/c1-2-11(13)8-12(9-11)7-10-3-5-14-6-4-10/h10,13H,2-9H2,1H3. The number of hydrogen-bond acceptors (Lipinski definition) is 3. The zero-order chi connectivity index (χ0) is 10.0. The molecule has 3 nitrogen and oxygen atoms in total. The van der Waals surface area contributed by atoms with E-state index in [-0.39, 0.29) is 5.60 Å². The van der Waals surface area contributed by atoms with E-state index in [4.69, 9.17) is 4.74 Å². The van der Waals surface area contributed by atoms with Gasteiger partial charge in [-0.05, 0) is 25.2 Å². The molecule has 0 atom stereocenters. The molecule has 0 radical (unpaired) electrons. The molecule has 14 heavy (non-hydrogen) atoms. The van der Waals surface area contributed by atoms with Crippen molar-refractivity contribution in [1.82, 2.24) is 4.90 Å². The van der Waals surface area contributed by atoms with Gasteiger partial charge in [-0.3, -0.25) is 4.90 Å². The predicted molar refractivity (Wildman–Crippen MR) is 55.2 cm³/mol. The SMILES string of the molecule is CCC1(O)CN(CC2CCOCC2)C1. The molecule has 3 heteroatoms. The van der Waals surface area contributed by atoms with Gasteiger partial charge in [0.25, 0.3) is 0 Å². The topological polar surface area (TPSA) is 32.7 Å². The molecule has 82 valence electrons. The highest BCUT2D eigenvalue weighted by molar-refractivity contribution is 4.94. The van der Waals surface area contributed by atoms with Crippen LogP contribution in [0.4, 0.5) is 0 Å². The molecule has 0 aromatic carbocycles. The zero-order valence-electron chi connectivity index (χ0n) is 9.04. The molecule has 0 aromatic rings. The van der Waals surface area contributed by atoms with Crippen LogP contribution in [-0.4, -0.2) is 48.5 Å². The molecule has 2 fully saturated rings. The molecule has 0 unspecified atom stereocenters. The summed E-state index contributed by atoms with van der Waals surface area (Å²) in [5.74, 6) is 0.796. The molecular formula is C11H21NO2. The van der Waals surface area contributed by atoms with Crippen LogP contribution in [0.5, 0.6) is 0 Å². The highest BCUT2D eigenvalue weighted by atomic mass is 16.5. The van der Waals surface area contributed by atoms with Gasteiger partial charge < -0.3 is 9.84 Å². The van der Waals surface area contributed by atoms with Crippen molar-refractivity contribution in [2.45, 2.75) is 31.8 Å². The summed E-state index contributed by atoms with van der Waals surface area (Å²) in [7, 11) is 0. The summed E-state index contributed by atoms with van der Waals surface area (Å²) in [5, 5.41) is 9.85. The number of rotatable bonds is 3. The fourth-order valence-corrected chi connectivity index (χ4v) is 2.43. The third-order valence-electron chi connectivity index (χ3n) is 3.55. The molecule has 0 aliphatic carbocycles. The van der Waals surface area contributed by atoms with Crippen molar-refractivity contribution < 1.29 is 9.84 Å². The Hall–Kier alpha value is -0.120. The number of β-amino-alcohol motifs (C(OH)–C–C–N with tert-alkyl or cyclic N) is 1. The average molecular weight is 199 g/mol. The van der Waals surface area contributed by atoms with Gasteiger partial charge in [-0.1, -0.05) is 6.92 Å². The van der Waals surface area contributed by atoms with Crippen molar-refractivity contribution in [3.8, 4) is 0 Å². The zero-order valence-corrected chi connectivity index (χ0v) is 9.04. The van der Waals surface area contributed by atoms with E-state index in [2.05, 4.69) is 11.8 Å². The van der Waals surface area contributed by atoms with Crippen LogP contribution >= 0.6 is 0 Å². The number of hydrogen-bond donors (Lipinski definition) is 1. The van der Waals surface area contributed by atoms with Gasteiger partial charge in [0, 0.05) is 32.8 Å². The third kappa shape index (κ3) is 2.27. The Kier molecular flexibility index (Phi) is 3.10. The van der Waals surface area contributed by atoms with Gasteiger partial charge in [0.15, 0.2) is 0 Å². The Balaban J connectivity index is 1.68. The van der Waals surface area contributed by atoms with Crippen LogP contribution in [0.2, 0.25) is 0 Å². The van der Waals surface area contributed by atoms with Gasteiger partial charge in [-0.15, -0.1) is 0 Å². The summed E-state index contributed by atoms with van der Waals surface area (Å²) >= 11 is 0. The fourth-order valence-electron chi connectivity index (χ4n) is 2.43. The lowest BCUT2D eigenvalue weighted by atomic mass is 9.89. The molecule has 1 N–H and O–H groups in total. The summed E-state index contributed by atoms with van der Waals surface area (Å²) in [6.07, 6.45) is 3.28. The van der Waals surface area contributed by atoms with E-state index in [1.165, 1.54) is 12.8 Å². The van der Waals surface area contributed by atoms with Crippen molar-refractivity contribution in [3.05, 3.63) is 0 Å². The first kappa shape index (κ1) is 10.4. The Labute approximate surface area is 86.0 Å². The van der Waals surface area contributed by atoms with Crippen LogP contribution in [0.25, 0.3) is 0 Å². The quantitative estimate of drug-likeness (QED) is 0.732. The monoisotopic (exact) mass is 199 g/mol. The van der Waals surface area contributed by atoms with Crippen molar-refractivity contribution in [3.63, 3.8) is 0 Å². The summed E-state index contributed by atoms with van der Waals surface area (Å²) in [5.41, 5.74) is -0.370. The molecule has 2 rings (SSSR count). The van der Waals surface area contributed by atoms with Crippen molar-refractivity contribution >= 4 is 0 Å². The molecule has 2 aliphatic heterocycles. The normalized spacial score (nSPS) is 28.7. The lowest BCUT2D eigenvalue weighted by Crippen LogP contribution is -2.62. The molecule has 2 aliphatic rings. The molecule has 2 heterocycles. The minimum absolute atomic E-state index is 0.370. The largest absolute Gasteiger partial charge is 0.387 e. The third-order valence-corrected chi connectivity index (χ3v) is 3.55. The Morgan fingerprint density at radius 1 is 1.36 bits per heavy atom. The fraction of sp³-hybridized carbons (Fsp3) is 1.00. The number of likely N-dealkylation sites (tertiary alicyclic amines) is 1. The second-order valence-electron chi connectivity index (χ2n) is 4.80. The van der Waals surface area contributed by atoms with E-state index in [1.807, 2.05) is 0 Å². The first-order valence-corrected chi connectivity index (χ1v) is 5.74. The van der Waals surface area contributed by atoms with E-state index >= 15 is 0 Å². The van der Waals surface area contributed by atoms with E-state index in [9.17, 15) is 5.11 Å². The summed E-state index contributed by atoms with van der Waals surface area (Å²) in [6, 6.07) is 0. The Bertz CT molecular complexity index is 184. The second kappa shape index (κ2) is 4.17. The Morgan fingerprint density at radius 3 is 2.57 bits per heavy atom. The minimum Gasteiger partial charge on any atom is -0.387 e. The number of ether oxygens (including phenoxy) is 1. The summed E-state index contributed by atoms with van der Waals surface area (Å²) in [4.78, 5) is 2.37. The molecule has 0 amide bonds. The smallest absolute Gasteiger partial charge is 0.0897 e. The predicted octanol–water partition coefficient (Wildman–Crippen LogP) is 0.870. The van der Waals surface area contributed by atoms with Crippen molar-refractivity contribution in [1.29, 1.82) is 0 Å². The van der Waals surface area contributed by atoms with Crippen LogP contribution in [0.3, 0.4) is 0 Å². The molecule has 2 saturated heterocycles. The van der Waals surface area contributed by atoms with Gasteiger partial charge in [0.1, 0.15) is 0 Å². The highest BCUT2D eigenvalue weighted by Crippen LogP contribution is 2.26. The molecular weight excluding hydrogens is 178 g/mol. The summed E-state index contributed by atoms with van der Waals surface area (Å²) in [6.45, 7) is 6.83. The molecule has 0 saturated carbocycles. The van der Waals surface area contributed by atoms with E-state index < -0.39 is 0 Å². The maximum absolute atomic E-state index is 9.85. The summed E-state index contributed by atoms with van der Waals surface area (Å²) < 4.78 is 5.33. The van der Waals surface area contributed by atoms with Crippen LogP contribution in [0, 0.1) is 5.92 Å². The van der Waals surface area contributed by atoms with Gasteiger partial charge >= 0.3 is 0 Å². The molecule has 0 spiro atoms. The van der Waals surface area contributed by atoms with Gasteiger partial charge in [-0.2, -0.15) is 0 Å². The maximum Gasteiger partial charge on any atom is 0.0897 e. The van der Waals surface area contributed by atoms with Crippen LogP contribution < -0.4 is 0 Å². The average Bonchev–Trinajstić information content (AvgIpc) is 2.17. The lowest BCUT2D eigenvalue weighted by molar-refractivity contribution is -0.108. The van der Waals surface area contributed by atoms with E-state index in [0.29, 0.717) is 0 Å². The maximum atomic E-state index is 9.85. The minimum atomic E-state index is -0.370. The first-order chi connectivity index (χ1) is 6.72. The number of nitrogens with zero attached hydrogens (tertiary/aromatic N) is 1. The van der Waals surface area contributed by atoms with Crippen LogP contribution in [-0.2, 0) is 4.74 Å². The lowest BCUT2D eigenvalue weighted by Gasteiger charge is -2.47. The Morgan fingerprint density at radius 2 is 2.00 bits per heavy atom. The van der Waals surface area contributed by atoms with Crippen LogP contribution in [0.15, 0.2) is 0 Å². The molecule has 0 aromatic heterocycles. The van der Waals surface area contributed by atoms with Gasteiger partial charge in [-0.25, -0.2) is 0 Å². The van der Waals surface area contributed by atoms with Crippen molar-refractivity contribution in [2.24, 2.45) is 5.92 Å². The highest BCUT2D eigenvalue weighted by Gasteiger charge is 2.39.